The Balaban J connectivity index is 0.000000338. The first-order chi connectivity index (χ1) is 42.6. The zero-order valence-corrected chi connectivity index (χ0v) is 49.8. The summed E-state index contributed by atoms with van der Waals surface area (Å²) in [6, 6.07) is 120. The summed E-state index contributed by atoms with van der Waals surface area (Å²) in [4.78, 5) is 9.38. The van der Waals surface area contributed by atoms with Crippen molar-refractivity contribution in [1.82, 2.24) is 9.97 Å². The Bertz CT molecular complexity index is 5100. The number of hydrogen-bond acceptors (Lipinski definition) is 2. The van der Waals surface area contributed by atoms with Gasteiger partial charge in [0.2, 0.25) is 0 Å². The van der Waals surface area contributed by atoms with Gasteiger partial charge in [-0.15, -0.1) is 71.3 Å². The number of hydrogen-bond donors (Lipinski definition) is 0. The molecule has 3 heteroatoms. The second-order valence-corrected chi connectivity index (χ2v) is 21.9. The van der Waals surface area contributed by atoms with Crippen LogP contribution in [0.3, 0.4) is 0 Å². The van der Waals surface area contributed by atoms with E-state index in [0.29, 0.717) is 0 Å². The number of benzene rings is 14. The molecule has 0 unspecified atom stereocenters. The quantitative estimate of drug-likeness (QED) is 0.135. The maximum absolute atomic E-state index is 4.93. The predicted octanol–water partition coefficient (Wildman–Crippen LogP) is 22.5. The summed E-state index contributed by atoms with van der Waals surface area (Å²) >= 11 is 0. The van der Waals surface area contributed by atoms with Crippen LogP contribution < -0.4 is 0 Å². The molecule has 1 radical (unpaired) electrons. The maximum Gasteiger partial charge on any atom is 0.0167 e. The molecule has 2 aromatic heterocycles. The molecule has 0 spiro atoms. The van der Waals surface area contributed by atoms with Crippen molar-refractivity contribution in [2.24, 2.45) is 0 Å². The van der Waals surface area contributed by atoms with Gasteiger partial charge in [0.25, 0.3) is 0 Å². The monoisotopic (exact) mass is 1280 g/mol. The summed E-state index contributed by atoms with van der Waals surface area (Å²) in [5.74, 6) is 0. The zero-order valence-electron chi connectivity index (χ0n) is 47.4. The molecular weight excluding hydrogens is 1230 g/mol. The van der Waals surface area contributed by atoms with Gasteiger partial charge in [-0.1, -0.05) is 200 Å². The van der Waals surface area contributed by atoms with Gasteiger partial charge in [0.05, 0.1) is 0 Å². The third-order valence-electron chi connectivity index (χ3n) is 16.6. The molecule has 411 valence electrons. The Labute approximate surface area is 520 Å². The van der Waals surface area contributed by atoms with Crippen molar-refractivity contribution in [3.8, 4) is 100 Å². The fourth-order valence-electron chi connectivity index (χ4n) is 12.3. The third kappa shape index (κ3) is 11.1. The minimum absolute atomic E-state index is 0. The van der Waals surface area contributed by atoms with E-state index in [-0.39, 0.29) is 20.1 Å². The molecule has 87 heavy (non-hydrogen) atoms. The van der Waals surface area contributed by atoms with Crippen LogP contribution in [0.5, 0.6) is 0 Å². The van der Waals surface area contributed by atoms with Crippen LogP contribution in [0, 0.1) is 12.1 Å². The van der Waals surface area contributed by atoms with E-state index in [1.165, 1.54) is 93.2 Å². The van der Waals surface area contributed by atoms with Crippen LogP contribution in [-0.2, 0) is 20.1 Å². The molecule has 16 rings (SSSR count). The molecule has 0 atom stereocenters. The molecule has 0 bridgehead atoms. The van der Waals surface area contributed by atoms with Gasteiger partial charge in [-0.05, 0) is 210 Å². The Hall–Kier alpha value is -10.7. The molecule has 2 nitrogen and oxygen atoms in total. The Morgan fingerprint density at radius 1 is 0.207 bits per heavy atom. The average molecular weight is 1280 g/mol. The summed E-state index contributed by atoms with van der Waals surface area (Å²) < 4.78 is 0. The second kappa shape index (κ2) is 24.1. The van der Waals surface area contributed by atoms with Crippen molar-refractivity contribution in [2.45, 2.75) is 0 Å². The molecule has 0 aliphatic rings. The largest absolute Gasteiger partial charge is 0.304 e. The summed E-state index contributed by atoms with van der Waals surface area (Å²) in [5, 5.41) is 12.0. The standard InChI is InChI=1S/C69H44N.C15H10N.Ir/c1-3-15-46(16-4-1)57-38-58(47-17-5-2-6-18-47)40-60(39-57)61-41-59(53-24-13-25-56(37-53)69-65-26-12-11-21-50(65)33-34-70-69)42-63(43-61)67-44-62(54-31-29-48-19-7-9-22-51(48)35-54)45-68-64(27-14-28-66(67)68)55-32-30-49-20-8-10-23-52(49)36-55;1-2-7-13(8-3-1)15-14-9-5-4-6-12(14)10-11-16-15;/h1-24,26-45H;1-7,9-11H;/q2*-1;. The molecule has 0 fully saturated rings. The molecular formula is C84H54IrN2-2. The second-order valence-electron chi connectivity index (χ2n) is 21.9. The topological polar surface area (TPSA) is 25.8 Å². The molecule has 16 aromatic rings. The first-order valence-corrected chi connectivity index (χ1v) is 29.2. The van der Waals surface area contributed by atoms with Crippen molar-refractivity contribution in [3.63, 3.8) is 0 Å². The van der Waals surface area contributed by atoms with Gasteiger partial charge >= 0.3 is 0 Å². The molecule has 2 heterocycles. The number of pyridine rings is 2. The zero-order chi connectivity index (χ0) is 57.2. The number of nitrogens with zero attached hydrogens (tertiary/aromatic N) is 2. The molecule has 0 amide bonds. The van der Waals surface area contributed by atoms with E-state index >= 15 is 0 Å². The SMILES string of the molecule is [Ir].[c-]1ccc(-c2cc(-c3cc(-c4ccccc4)cc(-c4ccccc4)c3)cc(-c3cc(-c4ccc5ccccc5c4)cc4c(-c5ccc6ccccc6c5)cccc34)c2)cc1-c1nccc2ccccc12.[c-]1ccccc1-c1nccc2ccccc12. The summed E-state index contributed by atoms with van der Waals surface area (Å²) in [7, 11) is 0. The summed E-state index contributed by atoms with van der Waals surface area (Å²) in [6.07, 6.45) is 3.75. The van der Waals surface area contributed by atoms with E-state index in [9.17, 15) is 0 Å². The molecule has 0 saturated heterocycles. The van der Waals surface area contributed by atoms with Crippen LogP contribution >= 0.6 is 0 Å². The first kappa shape index (κ1) is 54.3. The van der Waals surface area contributed by atoms with Crippen LogP contribution in [0.4, 0.5) is 0 Å². The van der Waals surface area contributed by atoms with Gasteiger partial charge in [-0.3, -0.25) is 0 Å². The molecule has 0 aliphatic carbocycles. The van der Waals surface area contributed by atoms with E-state index in [4.69, 9.17) is 4.98 Å². The Morgan fingerprint density at radius 3 is 1.25 bits per heavy atom. The van der Waals surface area contributed by atoms with E-state index in [2.05, 4.69) is 290 Å². The first-order valence-electron chi connectivity index (χ1n) is 29.2. The molecule has 0 aliphatic heterocycles. The van der Waals surface area contributed by atoms with Crippen LogP contribution in [-0.4, -0.2) is 9.97 Å². The Kier molecular flexibility index (Phi) is 15.1. The van der Waals surface area contributed by atoms with Crippen molar-refractivity contribution in [2.75, 3.05) is 0 Å². The van der Waals surface area contributed by atoms with Gasteiger partial charge in [0.15, 0.2) is 0 Å². The minimum atomic E-state index is 0. The van der Waals surface area contributed by atoms with Gasteiger partial charge in [0, 0.05) is 32.5 Å². The van der Waals surface area contributed by atoms with Crippen LogP contribution in [0.2, 0.25) is 0 Å². The Morgan fingerprint density at radius 2 is 0.655 bits per heavy atom. The number of fused-ring (bicyclic) bond motifs is 5. The van der Waals surface area contributed by atoms with Crippen molar-refractivity contribution in [3.05, 3.63) is 340 Å². The van der Waals surface area contributed by atoms with Crippen molar-refractivity contribution >= 4 is 53.9 Å². The van der Waals surface area contributed by atoms with Gasteiger partial charge in [0.1, 0.15) is 0 Å². The van der Waals surface area contributed by atoms with Gasteiger partial charge in [-0.25, -0.2) is 0 Å². The van der Waals surface area contributed by atoms with Crippen LogP contribution in [0.25, 0.3) is 154 Å². The maximum atomic E-state index is 4.93. The predicted molar refractivity (Wildman–Crippen MR) is 363 cm³/mol. The van der Waals surface area contributed by atoms with E-state index in [0.717, 1.165) is 61.1 Å². The van der Waals surface area contributed by atoms with E-state index < -0.39 is 0 Å². The average Bonchev–Trinajstić information content (AvgIpc) is 1.24. The van der Waals surface area contributed by atoms with Crippen LogP contribution in [0.15, 0.2) is 328 Å². The van der Waals surface area contributed by atoms with Gasteiger partial charge < -0.3 is 9.97 Å². The summed E-state index contributed by atoms with van der Waals surface area (Å²) in [6.45, 7) is 0. The van der Waals surface area contributed by atoms with Gasteiger partial charge in [-0.2, -0.15) is 0 Å². The van der Waals surface area contributed by atoms with E-state index in [1.54, 1.807) is 0 Å². The smallest absolute Gasteiger partial charge is 0.0167 e. The molecule has 0 saturated carbocycles. The number of aromatic nitrogens is 2. The van der Waals surface area contributed by atoms with Crippen molar-refractivity contribution in [1.29, 1.82) is 0 Å². The normalized spacial score (nSPS) is 11.1. The van der Waals surface area contributed by atoms with E-state index in [1.807, 2.05) is 54.9 Å². The van der Waals surface area contributed by atoms with Crippen molar-refractivity contribution < 1.29 is 20.1 Å². The fourth-order valence-corrected chi connectivity index (χ4v) is 12.3. The molecule has 14 aromatic carbocycles. The minimum Gasteiger partial charge on any atom is -0.304 e. The van der Waals surface area contributed by atoms with Crippen LogP contribution in [0.1, 0.15) is 0 Å². The third-order valence-corrected chi connectivity index (χ3v) is 16.6. The molecule has 0 N–H and O–H groups in total. The number of rotatable bonds is 9. The summed E-state index contributed by atoms with van der Waals surface area (Å²) in [5.41, 5.74) is 20.2. The fraction of sp³-hybridized carbons (Fsp3) is 0.